The molecule has 154 valence electrons. The van der Waals surface area contributed by atoms with Crippen LogP contribution in [0, 0.1) is 5.82 Å². The van der Waals surface area contributed by atoms with Gasteiger partial charge in [-0.3, -0.25) is 9.59 Å². The zero-order valence-electron chi connectivity index (χ0n) is 15.9. The largest absolute Gasteiger partial charge is 0.355 e. The van der Waals surface area contributed by atoms with Gasteiger partial charge in [0.15, 0.2) is 0 Å². The fourth-order valence-electron chi connectivity index (χ4n) is 3.21. The third-order valence-electron chi connectivity index (χ3n) is 4.77. The van der Waals surface area contributed by atoms with Crippen LogP contribution >= 0.6 is 0 Å². The van der Waals surface area contributed by atoms with E-state index in [-0.39, 0.29) is 22.7 Å². The molecule has 7 nitrogen and oxygen atoms in total. The third-order valence-corrected chi connectivity index (χ3v) is 6.69. The van der Waals surface area contributed by atoms with Gasteiger partial charge in [-0.1, -0.05) is 18.6 Å². The molecule has 0 bridgehead atoms. The molecule has 0 atom stereocenters. The van der Waals surface area contributed by atoms with Crippen molar-refractivity contribution < 1.29 is 22.4 Å². The first-order valence-corrected chi connectivity index (χ1v) is 10.7. The summed E-state index contributed by atoms with van der Waals surface area (Å²) in [5.74, 6) is -1.93. The second-order valence-electron chi connectivity index (χ2n) is 6.69. The molecule has 0 radical (unpaired) electrons. The number of sulfonamides is 1. The number of amides is 2. The predicted molar refractivity (Wildman–Crippen MR) is 107 cm³/mol. The van der Waals surface area contributed by atoms with Crippen molar-refractivity contribution >= 4 is 27.5 Å². The van der Waals surface area contributed by atoms with Gasteiger partial charge in [0.25, 0.3) is 11.8 Å². The van der Waals surface area contributed by atoms with Crippen LogP contribution in [0.3, 0.4) is 0 Å². The summed E-state index contributed by atoms with van der Waals surface area (Å²) in [5, 5.41) is 5.07. The molecule has 1 heterocycles. The molecule has 0 unspecified atom stereocenters. The van der Waals surface area contributed by atoms with Gasteiger partial charge in [-0.15, -0.1) is 0 Å². The number of halogens is 1. The zero-order chi connectivity index (χ0) is 21.0. The summed E-state index contributed by atoms with van der Waals surface area (Å²) < 4.78 is 41.2. The molecule has 9 heteroatoms. The first-order chi connectivity index (χ1) is 13.8. The maximum atomic E-state index is 14.3. The van der Waals surface area contributed by atoms with E-state index in [9.17, 15) is 22.4 Å². The number of hydrogen-bond donors (Lipinski definition) is 2. The van der Waals surface area contributed by atoms with Crippen LogP contribution in [0.1, 0.15) is 40.0 Å². The highest BCUT2D eigenvalue weighted by molar-refractivity contribution is 7.89. The summed E-state index contributed by atoms with van der Waals surface area (Å²) in [5.41, 5.74) is 0.502. The van der Waals surface area contributed by atoms with Crippen molar-refractivity contribution in [2.75, 3.05) is 25.5 Å². The zero-order valence-corrected chi connectivity index (χ0v) is 16.8. The van der Waals surface area contributed by atoms with E-state index in [1.54, 1.807) is 24.3 Å². The van der Waals surface area contributed by atoms with Crippen LogP contribution in [0.4, 0.5) is 10.1 Å². The predicted octanol–water partition coefficient (Wildman–Crippen LogP) is 2.61. The molecule has 2 amide bonds. The van der Waals surface area contributed by atoms with Crippen LogP contribution in [0.25, 0.3) is 0 Å². The lowest BCUT2D eigenvalue weighted by Crippen LogP contribution is -2.36. The van der Waals surface area contributed by atoms with Gasteiger partial charge in [0.1, 0.15) is 10.7 Å². The fourth-order valence-corrected chi connectivity index (χ4v) is 4.81. The van der Waals surface area contributed by atoms with Crippen molar-refractivity contribution in [3.8, 4) is 0 Å². The van der Waals surface area contributed by atoms with E-state index in [0.29, 0.717) is 13.1 Å². The molecule has 1 aliphatic rings. The molecular formula is C20H22FN3O4S. The molecule has 0 spiro atoms. The average Bonchev–Trinajstić information content (AvgIpc) is 2.74. The molecule has 3 rings (SSSR count). The topological polar surface area (TPSA) is 95.6 Å². The van der Waals surface area contributed by atoms with Crippen LogP contribution in [-0.2, 0) is 10.0 Å². The van der Waals surface area contributed by atoms with E-state index in [1.807, 2.05) is 0 Å². The number of nitrogens with zero attached hydrogens (tertiary/aromatic N) is 1. The van der Waals surface area contributed by atoms with Crippen molar-refractivity contribution in [3.05, 3.63) is 59.4 Å². The number of anilines is 1. The van der Waals surface area contributed by atoms with Crippen molar-refractivity contribution in [2.45, 2.75) is 24.2 Å². The number of nitrogens with one attached hydrogen (secondary N) is 2. The van der Waals surface area contributed by atoms with E-state index in [4.69, 9.17) is 0 Å². The Hall–Kier alpha value is -2.78. The van der Waals surface area contributed by atoms with Gasteiger partial charge in [-0.2, -0.15) is 4.31 Å². The lowest BCUT2D eigenvalue weighted by atomic mass is 10.1. The monoisotopic (exact) mass is 419 g/mol. The van der Waals surface area contributed by atoms with E-state index in [0.717, 1.165) is 31.4 Å². The first kappa shape index (κ1) is 20.9. The van der Waals surface area contributed by atoms with Gasteiger partial charge in [0.05, 0.1) is 11.3 Å². The van der Waals surface area contributed by atoms with Crippen LogP contribution < -0.4 is 10.6 Å². The highest BCUT2D eigenvalue weighted by atomic mass is 32.2. The molecule has 29 heavy (non-hydrogen) atoms. The molecule has 0 aliphatic carbocycles. The summed E-state index contributed by atoms with van der Waals surface area (Å²) >= 11 is 0. The fraction of sp³-hybridized carbons (Fsp3) is 0.300. The molecule has 2 N–H and O–H groups in total. The Balaban J connectivity index is 1.90. The molecule has 2 aromatic carbocycles. The van der Waals surface area contributed by atoms with Crippen molar-refractivity contribution in [1.29, 1.82) is 0 Å². The second kappa shape index (κ2) is 8.71. The van der Waals surface area contributed by atoms with Gasteiger partial charge in [-0.05, 0) is 43.2 Å². The summed E-state index contributed by atoms with van der Waals surface area (Å²) in [7, 11) is -2.56. The minimum Gasteiger partial charge on any atom is -0.355 e. The first-order valence-electron chi connectivity index (χ1n) is 9.27. The maximum absolute atomic E-state index is 14.3. The molecular weight excluding hydrogens is 397 g/mol. The molecule has 0 saturated carbocycles. The van der Waals surface area contributed by atoms with Crippen molar-refractivity contribution in [2.24, 2.45) is 0 Å². The number of benzene rings is 2. The molecule has 2 aromatic rings. The van der Waals surface area contributed by atoms with Crippen molar-refractivity contribution in [3.63, 3.8) is 0 Å². The number of para-hydroxylation sites is 1. The van der Waals surface area contributed by atoms with E-state index < -0.39 is 26.6 Å². The highest BCUT2D eigenvalue weighted by Gasteiger charge is 2.29. The third kappa shape index (κ3) is 4.46. The Morgan fingerprint density at radius 3 is 2.38 bits per heavy atom. The summed E-state index contributed by atoms with van der Waals surface area (Å²) in [6.07, 6.45) is 2.37. The number of hydrogen-bond acceptors (Lipinski definition) is 4. The van der Waals surface area contributed by atoms with Gasteiger partial charge in [0, 0.05) is 25.7 Å². The molecule has 1 saturated heterocycles. The van der Waals surface area contributed by atoms with Crippen LogP contribution in [0.5, 0.6) is 0 Å². The van der Waals surface area contributed by atoms with Crippen LogP contribution in [-0.4, -0.2) is 44.7 Å². The Morgan fingerprint density at radius 1 is 1.00 bits per heavy atom. The van der Waals surface area contributed by atoms with E-state index in [2.05, 4.69) is 10.6 Å². The van der Waals surface area contributed by atoms with Gasteiger partial charge in [0.2, 0.25) is 10.0 Å². The molecule has 0 aromatic heterocycles. The molecule has 1 fully saturated rings. The van der Waals surface area contributed by atoms with Crippen LogP contribution in [0.15, 0.2) is 47.4 Å². The minimum atomic E-state index is -4.03. The Kier molecular flexibility index (Phi) is 6.29. The van der Waals surface area contributed by atoms with Gasteiger partial charge >= 0.3 is 0 Å². The lowest BCUT2D eigenvalue weighted by Gasteiger charge is -2.26. The Bertz CT molecular complexity index is 1030. The number of carbonyl (C=O) groups excluding carboxylic acids is 2. The standard InChI is InChI=1S/C20H22FN3O4S/c1-22-20(26)15-7-3-4-8-17(15)23-19(25)14-9-10-16(21)18(13-14)29(27,28)24-11-5-2-6-12-24/h3-4,7-10,13H,2,5-6,11-12H2,1H3,(H,22,26)(H,23,25). The number of piperidine rings is 1. The quantitative estimate of drug-likeness (QED) is 0.779. The summed E-state index contributed by atoms with van der Waals surface area (Å²) in [4.78, 5) is 24.1. The van der Waals surface area contributed by atoms with Gasteiger partial charge in [-0.25, -0.2) is 12.8 Å². The Morgan fingerprint density at radius 2 is 1.69 bits per heavy atom. The average molecular weight is 419 g/mol. The minimum absolute atomic E-state index is 0.0197. The SMILES string of the molecule is CNC(=O)c1ccccc1NC(=O)c1ccc(F)c(S(=O)(=O)N2CCCCC2)c1. The molecule has 1 aliphatic heterocycles. The number of carbonyl (C=O) groups is 2. The van der Waals surface area contributed by atoms with Gasteiger partial charge < -0.3 is 10.6 Å². The van der Waals surface area contributed by atoms with E-state index >= 15 is 0 Å². The van der Waals surface area contributed by atoms with Crippen LogP contribution in [0.2, 0.25) is 0 Å². The maximum Gasteiger partial charge on any atom is 0.255 e. The Labute approximate surface area is 169 Å². The summed E-state index contributed by atoms with van der Waals surface area (Å²) in [6.45, 7) is 0.662. The smallest absolute Gasteiger partial charge is 0.255 e. The second-order valence-corrected chi connectivity index (χ2v) is 8.60. The summed E-state index contributed by atoms with van der Waals surface area (Å²) in [6, 6.07) is 9.62. The highest BCUT2D eigenvalue weighted by Crippen LogP contribution is 2.25. The number of rotatable bonds is 5. The lowest BCUT2D eigenvalue weighted by molar-refractivity contribution is 0.0964. The normalized spacial score (nSPS) is 15.0. The van der Waals surface area contributed by atoms with E-state index in [1.165, 1.54) is 17.4 Å². The van der Waals surface area contributed by atoms with Crippen molar-refractivity contribution in [1.82, 2.24) is 9.62 Å².